The second kappa shape index (κ2) is 12.7. The molecule has 0 unspecified atom stereocenters. The molecule has 4 atom stereocenters. The van der Waals surface area contributed by atoms with Crippen LogP contribution < -0.4 is 21.7 Å². The fourth-order valence-electron chi connectivity index (χ4n) is 6.72. The first-order chi connectivity index (χ1) is 22.9. The first-order valence-electron chi connectivity index (χ1n) is 15.3. The van der Waals surface area contributed by atoms with E-state index in [4.69, 9.17) is 21.0 Å². The Morgan fingerprint density at radius 3 is 2.60 bits per heavy atom. The fourth-order valence-corrected chi connectivity index (χ4v) is 7.63. The van der Waals surface area contributed by atoms with Crippen LogP contribution in [0.2, 0.25) is 0 Å². The molecule has 12 nitrogen and oxygen atoms in total. The van der Waals surface area contributed by atoms with E-state index in [1.807, 2.05) is 5.32 Å². The summed E-state index contributed by atoms with van der Waals surface area (Å²) in [6.07, 6.45) is -0.383. The van der Waals surface area contributed by atoms with Crippen molar-refractivity contribution in [1.82, 2.24) is 20.9 Å². The molecule has 4 amide bonds. The molecule has 48 heavy (non-hydrogen) atoms. The highest BCUT2D eigenvalue weighted by Gasteiger charge is 2.67. The number of thiophene rings is 1. The molecule has 15 heteroatoms. The molecule has 1 saturated heterocycles. The summed E-state index contributed by atoms with van der Waals surface area (Å²) in [6.45, 7) is 2.31. The predicted molar refractivity (Wildman–Crippen MR) is 172 cm³/mol. The second-order valence-electron chi connectivity index (χ2n) is 12.3. The Bertz CT molecular complexity index is 1820. The maximum Gasteiger partial charge on any atom is 0.410 e. The van der Waals surface area contributed by atoms with Gasteiger partial charge in [-0.2, -0.15) is 8.78 Å². The second-order valence-corrected chi connectivity index (χ2v) is 13.2. The molecule has 6 rings (SSSR count). The number of rotatable bonds is 11. The number of benzene rings is 2. The minimum absolute atomic E-state index is 0.122. The Hall–Kier alpha value is -4.73. The molecule has 0 radical (unpaired) electrons. The number of fused-ring (bicyclic) bond motifs is 4. The number of halogens is 2. The summed E-state index contributed by atoms with van der Waals surface area (Å²) in [4.78, 5) is 53.5. The molecule has 3 aliphatic rings. The third kappa shape index (κ3) is 6.04. The summed E-state index contributed by atoms with van der Waals surface area (Å²) in [5.74, 6) is -4.96. The lowest BCUT2D eigenvalue weighted by Gasteiger charge is -2.28. The van der Waals surface area contributed by atoms with Gasteiger partial charge in [-0.05, 0) is 49.1 Å². The Balaban J connectivity index is 1.14. The van der Waals surface area contributed by atoms with Gasteiger partial charge in [-0.15, -0.1) is 11.3 Å². The summed E-state index contributed by atoms with van der Waals surface area (Å²) in [7, 11) is 0. The van der Waals surface area contributed by atoms with E-state index >= 15 is 0 Å². The largest absolute Gasteiger partial charge is 0.465 e. The molecular formula is C33H34F2N6O6S. The van der Waals surface area contributed by atoms with Gasteiger partial charge < -0.3 is 31.1 Å². The molecule has 3 aromatic rings. The van der Waals surface area contributed by atoms with Crippen molar-refractivity contribution in [2.75, 3.05) is 26.3 Å². The van der Waals surface area contributed by atoms with Crippen molar-refractivity contribution in [2.24, 2.45) is 11.1 Å². The number of ether oxygens (including phenoxy) is 1. The van der Waals surface area contributed by atoms with E-state index in [2.05, 4.69) is 10.6 Å². The monoisotopic (exact) mass is 680 g/mol. The van der Waals surface area contributed by atoms with Gasteiger partial charge in [0.15, 0.2) is 0 Å². The van der Waals surface area contributed by atoms with Crippen LogP contribution in [0.3, 0.4) is 0 Å². The maximum atomic E-state index is 15.0. The van der Waals surface area contributed by atoms with Crippen molar-refractivity contribution >= 4 is 41.0 Å². The van der Waals surface area contributed by atoms with Gasteiger partial charge in [0.2, 0.25) is 11.8 Å². The van der Waals surface area contributed by atoms with E-state index in [9.17, 15) is 28.0 Å². The fraction of sp³-hybridized carbons (Fsp3) is 0.364. The number of carboxylic acid groups (broad SMARTS) is 1. The van der Waals surface area contributed by atoms with Crippen molar-refractivity contribution in [3.05, 3.63) is 81.0 Å². The highest BCUT2D eigenvalue weighted by atomic mass is 32.1. The topological polar surface area (TPSA) is 187 Å². The molecule has 2 heterocycles. The van der Waals surface area contributed by atoms with Crippen molar-refractivity contribution in [2.45, 2.75) is 43.8 Å². The number of hydrogen-bond donors (Lipinski definition) is 6. The first kappa shape index (κ1) is 33.2. The lowest BCUT2D eigenvalue weighted by Crippen LogP contribution is -2.51. The molecule has 2 aromatic carbocycles. The molecule has 1 saturated carbocycles. The molecule has 2 fully saturated rings. The van der Waals surface area contributed by atoms with E-state index in [0.717, 1.165) is 0 Å². The number of piperidine rings is 1. The number of carbonyl (C=O) groups excluding carboxylic acids is 3. The molecular weight excluding hydrogens is 646 g/mol. The summed E-state index contributed by atoms with van der Waals surface area (Å²) in [5.41, 5.74) is 5.92. The van der Waals surface area contributed by atoms with E-state index in [1.165, 1.54) is 46.6 Å². The Morgan fingerprint density at radius 2 is 1.85 bits per heavy atom. The highest BCUT2D eigenvalue weighted by Crippen LogP contribution is 2.59. The average molecular weight is 681 g/mol. The van der Waals surface area contributed by atoms with Gasteiger partial charge in [0, 0.05) is 50.5 Å². The molecule has 252 valence electrons. The number of nitrogens with zero attached hydrogens (tertiary/aromatic N) is 1. The highest BCUT2D eigenvalue weighted by molar-refractivity contribution is 7.10. The van der Waals surface area contributed by atoms with Crippen LogP contribution >= 0.6 is 11.3 Å². The van der Waals surface area contributed by atoms with Gasteiger partial charge in [-0.25, -0.2) is 4.79 Å². The first-order valence-corrected chi connectivity index (χ1v) is 16.2. The van der Waals surface area contributed by atoms with Crippen molar-refractivity contribution in [3.8, 4) is 11.1 Å². The normalized spacial score (nSPS) is 21.8. The van der Waals surface area contributed by atoms with Gasteiger partial charge in [-0.1, -0.05) is 30.3 Å². The summed E-state index contributed by atoms with van der Waals surface area (Å²) >= 11 is 1.25. The zero-order valence-corrected chi connectivity index (χ0v) is 26.7. The average Bonchev–Trinajstić information content (AvgIpc) is 3.33. The van der Waals surface area contributed by atoms with Gasteiger partial charge >= 0.3 is 6.09 Å². The lowest BCUT2D eigenvalue weighted by atomic mass is 10.00. The molecule has 1 aromatic heterocycles. The molecule has 0 spiro atoms. The quantitative estimate of drug-likeness (QED) is 0.102. The van der Waals surface area contributed by atoms with E-state index in [1.54, 1.807) is 30.5 Å². The molecule has 0 bridgehead atoms. The van der Waals surface area contributed by atoms with Crippen LogP contribution in [0.25, 0.3) is 11.1 Å². The minimum atomic E-state index is -3.18. The summed E-state index contributed by atoms with van der Waals surface area (Å²) in [6, 6.07) is 10.1. The van der Waals surface area contributed by atoms with Crippen molar-refractivity contribution in [1.29, 1.82) is 5.41 Å². The zero-order valence-electron chi connectivity index (χ0n) is 25.8. The van der Waals surface area contributed by atoms with Crippen LogP contribution in [0.5, 0.6) is 0 Å². The number of alkyl halides is 2. The standard InChI is InChI=1S/C33H34F2N6O6S/c1-17(25-11-19(15-48-25)28(37)40-31(45)46)39-30(44)24-12-32(16-47-9-8-36)13-26(32)41(24)27(42)14-38-29(43)18-6-7-23-21(10-18)20-4-2-3-5-22(20)33(23,34)35/h2-7,10-11,15,17,24,26H,8-9,12-14,16,36H2,1H3,(H2,37,40)(H,38,43)(H,39,44)(H,45,46)/t17-,24+,26+,32-/m1/s1. The third-order valence-electron chi connectivity index (χ3n) is 9.16. The Labute approximate surface area is 278 Å². The third-order valence-corrected chi connectivity index (χ3v) is 10.3. The van der Waals surface area contributed by atoms with Crippen molar-refractivity contribution < 1.29 is 37.8 Å². The van der Waals surface area contributed by atoms with E-state index < -0.39 is 53.8 Å². The summed E-state index contributed by atoms with van der Waals surface area (Å²) in [5, 5.41) is 25.9. The Morgan fingerprint density at radius 1 is 1.10 bits per heavy atom. The van der Waals surface area contributed by atoms with Crippen LogP contribution in [-0.4, -0.2) is 78.0 Å². The number of likely N-dealkylation sites (tertiary alicyclic amines) is 1. The minimum Gasteiger partial charge on any atom is -0.465 e. The van der Waals surface area contributed by atoms with E-state index in [0.29, 0.717) is 48.6 Å². The maximum absolute atomic E-state index is 15.0. The van der Waals surface area contributed by atoms with Gasteiger partial charge in [0.1, 0.15) is 11.9 Å². The smallest absolute Gasteiger partial charge is 0.410 e. The van der Waals surface area contributed by atoms with Gasteiger partial charge in [-0.3, -0.25) is 25.1 Å². The predicted octanol–water partition coefficient (Wildman–Crippen LogP) is 3.40. The lowest BCUT2D eigenvalue weighted by molar-refractivity contribution is -0.139. The van der Waals surface area contributed by atoms with Crippen LogP contribution in [0.4, 0.5) is 13.6 Å². The van der Waals surface area contributed by atoms with Crippen molar-refractivity contribution in [3.63, 3.8) is 0 Å². The molecule has 7 N–H and O–H groups in total. The van der Waals surface area contributed by atoms with Crippen LogP contribution in [0.1, 0.15) is 57.7 Å². The van der Waals surface area contributed by atoms with Crippen LogP contribution in [-0.2, 0) is 20.2 Å². The Kier molecular flexibility index (Phi) is 8.78. The summed E-state index contributed by atoms with van der Waals surface area (Å²) < 4.78 is 35.7. The van der Waals surface area contributed by atoms with E-state index in [-0.39, 0.29) is 34.1 Å². The van der Waals surface area contributed by atoms with Gasteiger partial charge in [0.25, 0.3) is 11.8 Å². The number of nitrogens with two attached hydrogens (primary N) is 1. The van der Waals surface area contributed by atoms with Gasteiger partial charge in [0.05, 0.1) is 25.8 Å². The van der Waals surface area contributed by atoms with Crippen LogP contribution in [0, 0.1) is 10.8 Å². The van der Waals surface area contributed by atoms with Crippen LogP contribution in [0.15, 0.2) is 53.9 Å². The zero-order chi connectivity index (χ0) is 34.4. The number of amides is 4. The number of hydrogen-bond acceptors (Lipinski definition) is 8. The molecule has 1 aliphatic heterocycles. The number of amidine groups is 1. The number of carbonyl (C=O) groups is 4. The molecule has 2 aliphatic carbocycles. The number of nitrogens with one attached hydrogen (secondary N) is 4. The SMILES string of the molecule is C[C@@H](NC(=O)[C@@H]1C[C@]2(COCCN)C[C@@H]2N1C(=O)CNC(=O)c1ccc2c(c1)-c1ccccc1C2(F)F)c1cc(C(=N)NC(=O)O)cs1.